The molecule has 20 rings (SSSR count). The van der Waals surface area contributed by atoms with Crippen molar-refractivity contribution in [2.75, 3.05) is 0 Å². The van der Waals surface area contributed by atoms with Gasteiger partial charge < -0.3 is 9.13 Å². The minimum atomic E-state index is 0.588. The molecule has 10 heteroatoms. The van der Waals surface area contributed by atoms with Crippen molar-refractivity contribution in [3.05, 3.63) is 352 Å². The van der Waals surface area contributed by atoms with E-state index >= 15 is 0 Å². The van der Waals surface area contributed by atoms with Crippen molar-refractivity contribution >= 4 is 87.5 Å². The summed E-state index contributed by atoms with van der Waals surface area (Å²) in [5, 5.41) is 9.28. The molecule has 0 amide bonds. The molecule has 0 fully saturated rings. The Kier molecular flexibility index (Phi) is 14.0. The number of para-hydroxylation sites is 4. The van der Waals surface area contributed by atoms with Crippen molar-refractivity contribution in [1.29, 1.82) is 0 Å². The second-order valence-corrected chi connectivity index (χ2v) is 25.0. The predicted octanol–water partition coefficient (Wildman–Crippen LogP) is 22.1. The number of rotatable bonds is 10. The molecule has 0 N–H and O–H groups in total. The summed E-state index contributed by atoms with van der Waals surface area (Å²) in [6.07, 6.45) is 3.70. The van der Waals surface area contributed by atoms with E-state index < -0.39 is 0 Å². The van der Waals surface area contributed by atoms with Crippen molar-refractivity contribution < 1.29 is 0 Å². The smallest absolute Gasteiger partial charge is 0.237 e. The van der Waals surface area contributed by atoms with Crippen LogP contribution in [0.1, 0.15) is 0 Å². The number of benzene rings is 12. The maximum atomic E-state index is 5.17. The fourth-order valence-electron chi connectivity index (χ4n) is 14.8. The molecule has 100 heavy (non-hydrogen) atoms. The highest BCUT2D eigenvalue weighted by Crippen LogP contribution is 2.44. The number of aromatic nitrogens is 10. The first-order valence-electron chi connectivity index (χ1n) is 33.6. The first kappa shape index (κ1) is 57.7. The Morgan fingerprint density at radius 3 is 1.08 bits per heavy atom. The zero-order chi connectivity index (χ0) is 66.0. The summed E-state index contributed by atoms with van der Waals surface area (Å²) in [6.45, 7) is 0. The molecule has 0 saturated heterocycles. The van der Waals surface area contributed by atoms with Gasteiger partial charge >= 0.3 is 0 Å². The topological polar surface area (TPSA) is 97.1 Å². The molecule has 0 radical (unpaired) electrons. The normalized spacial score (nSPS) is 11.6. The number of hydrogen-bond donors (Lipinski definition) is 0. The quantitative estimate of drug-likeness (QED) is 0.135. The van der Waals surface area contributed by atoms with Gasteiger partial charge in [0.1, 0.15) is 17.1 Å². The maximum Gasteiger partial charge on any atom is 0.237 e. The second kappa shape index (κ2) is 24.2. The lowest BCUT2D eigenvalue weighted by molar-refractivity contribution is 0.982. The van der Waals surface area contributed by atoms with E-state index in [1.807, 2.05) is 97.3 Å². The molecule has 0 atom stereocenters. The number of hydrogen-bond acceptors (Lipinski definition) is 6. The molecule has 12 aromatic carbocycles. The van der Waals surface area contributed by atoms with E-state index in [0.29, 0.717) is 11.8 Å². The molecular weight excluding hydrogens is 1220 g/mol. The van der Waals surface area contributed by atoms with E-state index in [4.69, 9.17) is 29.9 Å². The summed E-state index contributed by atoms with van der Waals surface area (Å²) in [4.78, 5) is 30.4. The molecule has 8 heterocycles. The minimum absolute atomic E-state index is 0.588. The Hall–Kier alpha value is -13.7. The monoisotopic (exact) mass is 1280 g/mol. The zero-order valence-corrected chi connectivity index (χ0v) is 54.0. The van der Waals surface area contributed by atoms with Crippen LogP contribution < -0.4 is 0 Å². The van der Waals surface area contributed by atoms with E-state index in [9.17, 15) is 0 Å². The summed E-state index contributed by atoms with van der Waals surface area (Å²) in [5.41, 5.74) is 22.1. The summed E-state index contributed by atoms with van der Waals surface area (Å²) in [5.74, 6) is 2.04. The largest absolute Gasteiger partial charge is 0.309 e. The zero-order valence-electron chi connectivity index (χ0n) is 54.0. The molecule has 0 aliphatic rings. The van der Waals surface area contributed by atoms with Gasteiger partial charge in [-0.1, -0.05) is 231 Å². The van der Waals surface area contributed by atoms with Crippen LogP contribution in [-0.2, 0) is 0 Å². The maximum absolute atomic E-state index is 5.17. The molecule has 8 aromatic heterocycles. The van der Waals surface area contributed by atoms with Crippen LogP contribution in [0.4, 0.5) is 0 Å². The van der Waals surface area contributed by atoms with Crippen molar-refractivity contribution in [2.24, 2.45) is 0 Å². The Morgan fingerprint density at radius 2 is 0.600 bits per heavy atom. The van der Waals surface area contributed by atoms with Gasteiger partial charge in [0, 0.05) is 95.2 Å². The van der Waals surface area contributed by atoms with Crippen LogP contribution in [0, 0.1) is 0 Å². The van der Waals surface area contributed by atoms with E-state index in [2.05, 4.69) is 273 Å². The lowest BCUT2D eigenvalue weighted by Gasteiger charge is -2.12. The fourth-order valence-corrected chi connectivity index (χ4v) is 14.8. The summed E-state index contributed by atoms with van der Waals surface area (Å²) >= 11 is 0. The van der Waals surface area contributed by atoms with Gasteiger partial charge in [-0.3, -0.25) is 9.13 Å². The summed E-state index contributed by atoms with van der Waals surface area (Å²) in [7, 11) is 0. The summed E-state index contributed by atoms with van der Waals surface area (Å²) < 4.78 is 9.02. The van der Waals surface area contributed by atoms with Crippen LogP contribution in [0.15, 0.2) is 352 Å². The average molecular weight is 1280 g/mol. The molecule has 0 bridgehead atoms. The first-order valence-corrected chi connectivity index (χ1v) is 33.6. The number of nitrogens with zero attached hydrogens (tertiary/aromatic N) is 10. The lowest BCUT2D eigenvalue weighted by atomic mass is 9.98. The van der Waals surface area contributed by atoms with Crippen LogP contribution in [0.25, 0.3) is 178 Å². The Morgan fingerprint density at radius 1 is 0.220 bits per heavy atom. The Labute approximate surface area is 575 Å². The highest BCUT2D eigenvalue weighted by molar-refractivity contribution is 6.19. The average Bonchev–Trinajstić information content (AvgIpc) is 1.59. The second-order valence-electron chi connectivity index (χ2n) is 25.0. The van der Waals surface area contributed by atoms with Gasteiger partial charge in [-0.15, -0.1) is 0 Å². The predicted molar refractivity (Wildman–Crippen MR) is 410 cm³/mol. The Balaban J connectivity index is 0.000000139. The van der Waals surface area contributed by atoms with Gasteiger partial charge in [-0.05, 0) is 125 Å². The Bertz CT molecular complexity index is 5990. The van der Waals surface area contributed by atoms with Gasteiger partial charge in [0.15, 0.2) is 5.82 Å². The molecule has 10 nitrogen and oxygen atoms in total. The van der Waals surface area contributed by atoms with E-state index in [1.54, 1.807) is 0 Å². The lowest BCUT2D eigenvalue weighted by Crippen LogP contribution is -2.04. The molecule has 20 aromatic rings. The van der Waals surface area contributed by atoms with Crippen LogP contribution in [0.3, 0.4) is 0 Å². The highest BCUT2D eigenvalue weighted by atomic mass is 15.2. The van der Waals surface area contributed by atoms with E-state index in [0.717, 1.165) is 112 Å². The van der Waals surface area contributed by atoms with Crippen molar-refractivity contribution in [1.82, 2.24) is 48.2 Å². The molecule has 0 saturated carbocycles. The highest BCUT2D eigenvalue weighted by Gasteiger charge is 2.24. The number of fused-ring (bicyclic) bond motifs is 12. The van der Waals surface area contributed by atoms with Gasteiger partial charge in [-0.2, -0.15) is 0 Å². The van der Waals surface area contributed by atoms with Crippen LogP contribution in [0.2, 0.25) is 0 Å². The fraction of sp³-hybridized carbons (Fsp3) is 0. The first-order chi connectivity index (χ1) is 49.6. The minimum Gasteiger partial charge on any atom is -0.309 e. The van der Waals surface area contributed by atoms with Gasteiger partial charge in [0.05, 0.1) is 50.2 Å². The van der Waals surface area contributed by atoms with E-state index in [-0.39, 0.29) is 0 Å². The molecular formula is C90H58N10. The van der Waals surface area contributed by atoms with Crippen LogP contribution in [0.5, 0.6) is 0 Å². The SMILES string of the molecule is c1ccc(-c2cc(-c3ccccc3)nc(-n3c4ccc(-c5cccc6c5c5ccccc5n6-c5ccccc5)cc4c4cccnc43)n2)cc1.c1ccc(-c2cc(-n3c4ccc(-c5cccc6c5c5ccccc5n6-c5ccccc5)cc4c4cccnc43)nc(-c3ccccc3)n2)cc1. The molecule has 468 valence electrons. The summed E-state index contributed by atoms with van der Waals surface area (Å²) in [6, 6.07) is 119. The standard InChI is InChI=1S/2C45H29N5/c1-4-14-30(15-5-1)38-29-39(31-16-6-2-7-17-31)48-45(47-38)50-41-26-25-32(28-37(41)35-22-13-27-46-44(35)50)34-21-12-24-42-43(34)36-20-10-11-23-40(36)49(42)33-18-8-3-9-19-33;1-4-14-30(15-5-1)38-29-42(48-44(47-38)31-16-6-2-7-17-31)50-40-26-25-32(28-37(40)35-22-13-27-46-45(35)50)34-21-12-24-41-43(34)36-20-10-11-23-39(36)49(41)33-18-8-3-9-19-33/h2*1-29H. The van der Waals surface area contributed by atoms with Gasteiger partial charge in [0.2, 0.25) is 5.95 Å². The van der Waals surface area contributed by atoms with Crippen LogP contribution in [-0.4, -0.2) is 48.2 Å². The molecule has 0 aliphatic carbocycles. The number of pyridine rings is 2. The molecule has 0 unspecified atom stereocenters. The van der Waals surface area contributed by atoms with Crippen LogP contribution >= 0.6 is 0 Å². The molecule has 0 spiro atoms. The van der Waals surface area contributed by atoms with E-state index in [1.165, 1.54) is 54.7 Å². The third-order valence-corrected chi connectivity index (χ3v) is 19.2. The van der Waals surface area contributed by atoms with Crippen molar-refractivity contribution in [2.45, 2.75) is 0 Å². The van der Waals surface area contributed by atoms with Gasteiger partial charge in [0.25, 0.3) is 0 Å². The van der Waals surface area contributed by atoms with Gasteiger partial charge in [-0.25, -0.2) is 29.9 Å². The third kappa shape index (κ3) is 9.80. The molecule has 0 aliphatic heterocycles. The van der Waals surface area contributed by atoms with Crippen molar-refractivity contribution in [3.63, 3.8) is 0 Å². The third-order valence-electron chi connectivity index (χ3n) is 19.2. The van der Waals surface area contributed by atoms with Crippen molar-refractivity contribution in [3.8, 4) is 90.6 Å².